The summed E-state index contributed by atoms with van der Waals surface area (Å²) in [6.45, 7) is 1.69. The quantitative estimate of drug-likeness (QED) is 0.456. The van der Waals surface area contributed by atoms with Crippen molar-refractivity contribution in [3.63, 3.8) is 0 Å². The van der Waals surface area contributed by atoms with E-state index in [2.05, 4.69) is 5.32 Å². The summed E-state index contributed by atoms with van der Waals surface area (Å²) in [5.74, 6) is 0.369. The Balaban J connectivity index is 2.10. The predicted molar refractivity (Wildman–Crippen MR) is 135 cm³/mol. The number of likely N-dealkylation sites (N-methyl/N-ethyl adjacent to an activating group) is 1. The lowest BCUT2D eigenvalue weighted by atomic mass is 10.1. The van der Waals surface area contributed by atoms with Gasteiger partial charge in [-0.2, -0.15) is 4.31 Å². The first-order valence-corrected chi connectivity index (χ1v) is 13.1. The van der Waals surface area contributed by atoms with E-state index in [1.54, 1.807) is 51.5 Å². The minimum atomic E-state index is -3.56. The molecule has 0 aliphatic heterocycles. The third-order valence-electron chi connectivity index (χ3n) is 5.52. The maximum atomic E-state index is 13.0. The SMILES string of the molecule is COc1ccc(CCNC(=O)[C@@H](C)N(Cc2ccc(Cl)cc2)C(=O)CN(C)S(C)(=O)=O)cc1OC. The Hall–Kier alpha value is -2.82. The van der Waals surface area contributed by atoms with E-state index >= 15 is 0 Å². The van der Waals surface area contributed by atoms with E-state index in [4.69, 9.17) is 21.1 Å². The molecule has 0 radical (unpaired) electrons. The second-order valence-electron chi connectivity index (χ2n) is 8.07. The van der Waals surface area contributed by atoms with Gasteiger partial charge in [-0.15, -0.1) is 0 Å². The number of hydrogen-bond donors (Lipinski definition) is 1. The molecule has 0 saturated carbocycles. The molecule has 0 bridgehead atoms. The Morgan fingerprint density at radius 3 is 2.20 bits per heavy atom. The van der Waals surface area contributed by atoms with Gasteiger partial charge in [-0.1, -0.05) is 29.8 Å². The van der Waals surface area contributed by atoms with Crippen LogP contribution >= 0.6 is 11.6 Å². The van der Waals surface area contributed by atoms with E-state index in [1.807, 2.05) is 12.1 Å². The molecule has 0 aliphatic carbocycles. The van der Waals surface area contributed by atoms with Gasteiger partial charge in [-0.3, -0.25) is 9.59 Å². The molecule has 192 valence electrons. The van der Waals surface area contributed by atoms with Crippen LogP contribution in [0.1, 0.15) is 18.1 Å². The molecule has 0 spiro atoms. The van der Waals surface area contributed by atoms with Crippen LogP contribution in [0.5, 0.6) is 11.5 Å². The number of benzene rings is 2. The lowest BCUT2D eigenvalue weighted by molar-refractivity contribution is -0.140. The first-order valence-electron chi connectivity index (χ1n) is 10.9. The van der Waals surface area contributed by atoms with Crippen LogP contribution in [0, 0.1) is 0 Å². The van der Waals surface area contributed by atoms with Crippen LogP contribution in [0.3, 0.4) is 0 Å². The standard InChI is InChI=1S/C24H32ClN3O6S/c1-17(24(30)26-13-12-18-8-11-21(33-3)22(14-18)34-4)28(15-19-6-9-20(25)10-7-19)23(29)16-27(2)35(5,31)32/h6-11,14,17H,12-13,15-16H2,1-5H3,(H,26,30)/t17-/m1/s1. The maximum absolute atomic E-state index is 13.0. The Kier molecular flexibility index (Phi) is 10.4. The van der Waals surface area contributed by atoms with E-state index < -0.39 is 22.0 Å². The second kappa shape index (κ2) is 12.8. The lowest BCUT2D eigenvalue weighted by Crippen LogP contribution is -2.50. The third-order valence-corrected chi connectivity index (χ3v) is 7.03. The molecule has 0 aromatic heterocycles. The van der Waals surface area contributed by atoms with Gasteiger partial charge >= 0.3 is 0 Å². The van der Waals surface area contributed by atoms with Crippen LogP contribution in [-0.4, -0.2) is 76.1 Å². The van der Waals surface area contributed by atoms with Crippen LogP contribution in [-0.2, 0) is 32.6 Å². The summed E-state index contributed by atoms with van der Waals surface area (Å²) in [5, 5.41) is 3.40. The van der Waals surface area contributed by atoms with Gasteiger partial charge in [0.05, 0.1) is 27.0 Å². The van der Waals surface area contributed by atoms with Crippen molar-refractivity contribution in [2.24, 2.45) is 0 Å². The van der Waals surface area contributed by atoms with Crippen molar-refractivity contribution in [2.75, 3.05) is 40.6 Å². The molecule has 1 atom stereocenters. The molecule has 2 aromatic rings. The van der Waals surface area contributed by atoms with Crippen LogP contribution in [0.25, 0.3) is 0 Å². The lowest BCUT2D eigenvalue weighted by Gasteiger charge is -2.30. The Morgan fingerprint density at radius 1 is 1.03 bits per heavy atom. The van der Waals surface area contributed by atoms with Crippen molar-refractivity contribution in [3.05, 3.63) is 58.6 Å². The zero-order chi connectivity index (χ0) is 26.2. The van der Waals surface area contributed by atoms with Crippen molar-refractivity contribution in [2.45, 2.75) is 25.9 Å². The summed E-state index contributed by atoms with van der Waals surface area (Å²) in [6.07, 6.45) is 1.56. The number of nitrogens with zero attached hydrogens (tertiary/aromatic N) is 2. The highest BCUT2D eigenvalue weighted by molar-refractivity contribution is 7.88. The zero-order valence-corrected chi connectivity index (χ0v) is 22.1. The Morgan fingerprint density at radius 2 is 1.63 bits per heavy atom. The van der Waals surface area contributed by atoms with Gasteiger partial charge in [0.2, 0.25) is 21.8 Å². The highest BCUT2D eigenvalue weighted by atomic mass is 35.5. The van der Waals surface area contributed by atoms with Crippen LogP contribution in [0.15, 0.2) is 42.5 Å². The summed E-state index contributed by atoms with van der Waals surface area (Å²) in [7, 11) is 0.872. The first kappa shape index (κ1) is 28.4. The molecule has 2 aromatic carbocycles. The summed E-state index contributed by atoms with van der Waals surface area (Å²) < 4.78 is 35.1. The molecule has 0 saturated heterocycles. The highest BCUT2D eigenvalue weighted by Crippen LogP contribution is 2.27. The molecule has 35 heavy (non-hydrogen) atoms. The number of sulfonamides is 1. The van der Waals surface area contributed by atoms with E-state index in [0.717, 1.165) is 21.7 Å². The average molecular weight is 526 g/mol. The number of rotatable bonds is 12. The van der Waals surface area contributed by atoms with Gasteiger partial charge in [-0.05, 0) is 48.7 Å². The molecule has 0 fully saturated rings. The fraction of sp³-hybridized carbons (Fsp3) is 0.417. The zero-order valence-electron chi connectivity index (χ0n) is 20.6. The number of hydrogen-bond acceptors (Lipinski definition) is 6. The second-order valence-corrected chi connectivity index (χ2v) is 10.6. The smallest absolute Gasteiger partial charge is 0.242 e. The number of halogens is 1. The van der Waals surface area contributed by atoms with Crippen molar-refractivity contribution >= 4 is 33.4 Å². The van der Waals surface area contributed by atoms with Crippen LogP contribution < -0.4 is 14.8 Å². The molecule has 11 heteroatoms. The van der Waals surface area contributed by atoms with Crippen LogP contribution in [0.4, 0.5) is 0 Å². The number of ether oxygens (including phenoxy) is 2. The number of methoxy groups -OCH3 is 2. The number of nitrogens with one attached hydrogen (secondary N) is 1. The van der Waals surface area contributed by atoms with Gasteiger partial charge in [0.25, 0.3) is 0 Å². The first-order chi connectivity index (χ1) is 16.5. The van der Waals surface area contributed by atoms with Gasteiger partial charge in [0.1, 0.15) is 6.04 Å². The van der Waals surface area contributed by atoms with Crippen molar-refractivity contribution < 1.29 is 27.5 Å². The van der Waals surface area contributed by atoms with E-state index in [0.29, 0.717) is 29.5 Å². The molecule has 0 unspecified atom stereocenters. The fourth-order valence-electron chi connectivity index (χ4n) is 3.28. The summed E-state index contributed by atoms with van der Waals surface area (Å²) in [5.41, 5.74) is 1.70. The molecule has 1 N–H and O–H groups in total. The molecule has 2 amide bonds. The summed E-state index contributed by atoms with van der Waals surface area (Å²) >= 11 is 5.95. The normalized spacial score (nSPS) is 12.2. The van der Waals surface area contributed by atoms with Gasteiger partial charge in [-0.25, -0.2) is 8.42 Å². The number of carbonyl (C=O) groups is 2. The van der Waals surface area contributed by atoms with Gasteiger partial charge in [0, 0.05) is 25.2 Å². The minimum absolute atomic E-state index is 0.123. The van der Waals surface area contributed by atoms with Gasteiger partial charge in [0.15, 0.2) is 11.5 Å². The third kappa shape index (κ3) is 8.41. The summed E-state index contributed by atoms with van der Waals surface area (Å²) in [4.78, 5) is 27.3. The average Bonchev–Trinajstić information content (AvgIpc) is 2.82. The van der Waals surface area contributed by atoms with E-state index in [-0.39, 0.29) is 19.0 Å². The van der Waals surface area contributed by atoms with Crippen LogP contribution in [0.2, 0.25) is 5.02 Å². The minimum Gasteiger partial charge on any atom is -0.493 e. The molecule has 9 nitrogen and oxygen atoms in total. The highest BCUT2D eigenvalue weighted by Gasteiger charge is 2.28. The predicted octanol–water partition coefficient (Wildman–Crippen LogP) is 2.32. The molecule has 2 rings (SSSR count). The summed E-state index contributed by atoms with van der Waals surface area (Å²) in [6, 6.07) is 11.6. The molecular formula is C24H32ClN3O6S. The van der Waals surface area contributed by atoms with Crippen molar-refractivity contribution in [1.29, 1.82) is 0 Å². The Bertz CT molecular complexity index is 1120. The fourth-order valence-corrected chi connectivity index (χ4v) is 3.75. The largest absolute Gasteiger partial charge is 0.493 e. The Labute approximate surface area is 212 Å². The van der Waals surface area contributed by atoms with Gasteiger partial charge < -0.3 is 19.7 Å². The van der Waals surface area contributed by atoms with E-state index in [1.165, 1.54) is 11.9 Å². The topological polar surface area (TPSA) is 105 Å². The molecule has 0 heterocycles. The molecular weight excluding hydrogens is 494 g/mol. The van der Waals surface area contributed by atoms with Crippen molar-refractivity contribution in [3.8, 4) is 11.5 Å². The van der Waals surface area contributed by atoms with E-state index in [9.17, 15) is 18.0 Å². The number of carbonyl (C=O) groups excluding carboxylic acids is 2. The molecule has 0 aliphatic rings. The number of amides is 2. The van der Waals surface area contributed by atoms with Crippen molar-refractivity contribution in [1.82, 2.24) is 14.5 Å². The monoisotopic (exact) mass is 525 g/mol. The maximum Gasteiger partial charge on any atom is 0.242 e.